The van der Waals surface area contributed by atoms with E-state index in [2.05, 4.69) is 21.9 Å². The third kappa shape index (κ3) is 2.12. The quantitative estimate of drug-likeness (QED) is 0.776. The fraction of sp³-hybridized carbons (Fsp3) is 0.312. The maximum atomic E-state index is 11.7. The summed E-state index contributed by atoms with van der Waals surface area (Å²) in [5.74, 6) is -0.891. The summed E-state index contributed by atoms with van der Waals surface area (Å²) in [7, 11) is 1.83. The molecule has 1 atom stereocenters. The van der Waals surface area contributed by atoms with Gasteiger partial charge in [0, 0.05) is 19.5 Å². The summed E-state index contributed by atoms with van der Waals surface area (Å²) < 4.78 is 0. The predicted molar refractivity (Wildman–Crippen MR) is 87.0 cm³/mol. The maximum absolute atomic E-state index is 11.7. The minimum Gasteiger partial charge on any atom is -0.353 e. The van der Waals surface area contributed by atoms with Crippen molar-refractivity contribution in [3.63, 3.8) is 0 Å². The van der Waals surface area contributed by atoms with Gasteiger partial charge >= 0.3 is 0 Å². The van der Waals surface area contributed by atoms with Crippen LogP contribution in [-0.4, -0.2) is 35.3 Å². The van der Waals surface area contributed by atoms with Crippen molar-refractivity contribution in [2.75, 3.05) is 11.9 Å². The van der Waals surface area contributed by atoms with Gasteiger partial charge in [0.15, 0.2) is 11.6 Å². The number of aliphatic imine (C=N–C) groups is 2. The van der Waals surface area contributed by atoms with Crippen molar-refractivity contribution in [3.8, 4) is 0 Å². The summed E-state index contributed by atoms with van der Waals surface area (Å²) in [6, 6.07) is 3.70. The molecule has 114 valence electrons. The zero-order chi connectivity index (χ0) is 16.2. The van der Waals surface area contributed by atoms with Crippen LogP contribution in [0, 0.1) is 6.92 Å². The van der Waals surface area contributed by atoms with E-state index >= 15 is 0 Å². The molecule has 0 saturated heterocycles. The smallest absolute Gasteiger partial charge is 0.233 e. The molecule has 3 rings (SSSR count). The van der Waals surface area contributed by atoms with Gasteiger partial charge in [-0.1, -0.05) is 6.58 Å². The first-order valence-corrected chi connectivity index (χ1v) is 6.97. The number of carbonyl (C=O) groups excluding carboxylic acids is 1. The highest BCUT2D eigenvalue weighted by molar-refractivity contribution is 6.53. The second-order valence-corrected chi connectivity index (χ2v) is 5.79. The van der Waals surface area contributed by atoms with Crippen LogP contribution < -0.4 is 10.2 Å². The molecule has 1 aromatic rings. The van der Waals surface area contributed by atoms with E-state index in [9.17, 15) is 9.90 Å². The minimum atomic E-state index is -1.43. The molecule has 0 spiro atoms. The highest BCUT2D eigenvalue weighted by Crippen LogP contribution is 2.37. The van der Waals surface area contributed by atoms with Gasteiger partial charge < -0.3 is 15.3 Å². The van der Waals surface area contributed by atoms with Crippen LogP contribution in [0.5, 0.6) is 0 Å². The Labute approximate surface area is 128 Å². The monoisotopic (exact) mass is 298 g/mol. The van der Waals surface area contributed by atoms with Gasteiger partial charge in [0.05, 0.1) is 17.1 Å². The van der Waals surface area contributed by atoms with E-state index in [0.717, 1.165) is 16.9 Å². The van der Waals surface area contributed by atoms with Crippen LogP contribution in [0.2, 0.25) is 0 Å². The number of nitrogens with one attached hydrogen (secondary N) is 1. The van der Waals surface area contributed by atoms with E-state index in [1.165, 1.54) is 0 Å². The molecule has 0 radical (unpaired) electrons. The average Bonchev–Trinajstić information content (AvgIpc) is 2.39. The summed E-state index contributed by atoms with van der Waals surface area (Å²) >= 11 is 0. The summed E-state index contributed by atoms with van der Waals surface area (Å²) in [5, 5.41) is 13.0. The third-order valence-electron chi connectivity index (χ3n) is 3.82. The molecule has 0 aliphatic carbocycles. The molecule has 2 N–H and O–H groups in total. The summed E-state index contributed by atoms with van der Waals surface area (Å²) in [4.78, 5) is 22.4. The van der Waals surface area contributed by atoms with Gasteiger partial charge in [-0.15, -0.1) is 0 Å². The molecule has 0 saturated carbocycles. The number of nitrogens with zero attached hydrogens (tertiary/aromatic N) is 3. The van der Waals surface area contributed by atoms with Crippen molar-refractivity contribution in [1.29, 1.82) is 0 Å². The van der Waals surface area contributed by atoms with Gasteiger partial charge in [0.25, 0.3) is 0 Å². The number of hydrogen-bond acceptors (Lipinski definition) is 6. The molecule has 2 aliphatic heterocycles. The number of benzene rings is 1. The molecule has 0 amide bonds. The largest absolute Gasteiger partial charge is 0.353 e. The van der Waals surface area contributed by atoms with E-state index in [1.807, 2.05) is 31.0 Å². The molecule has 1 unspecified atom stereocenters. The fourth-order valence-electron chi connectivity index (χ4n) is 2.77. The van der Waals surface area contributed by atoms with Gasteiger partial charge in [-0.3, -0.25) is 4.79 Å². The molecule has 1 aromatic carbocycles. The summed E-state index contributed by atoms with van der Waals surface area (Å²) in [6.07, 6.45) is 0. The summed E-state index contributed by atoms with van der Waals surface area (Å²) in [6.45, 7) is 8.88. The summed E-state index contributed by atoms with van der Waals surface area (Å²) in [5.41, 5.74) is 4.18. The van der Waals surface area contributed by atoms with Gasteiger partial charge in [-0.2, -0.15) is 0 Å². The fourth-order valence-corrected chi connectivity index (χ4v) is 2.77. The van der Waals surface area contributed by atoms with Crippen molar-refractivity contribution < 1.29 is 9.90 Å². The molecule has 6 heteroatoms. The standard InChI is InChI=1S/C16H18N4O2/c1-8-6-12-13(7-11(8)10(3)21)20(5)15-14(17-12)9(2)18-16(4,22)19-15/h6-7,18,22H,2H2,1,3-5H3. The highest BCUT2D eigenvalue weighted by Gasteiger charge is 2.35. The lowest BCUT2D eigenvalue weighted by Crippen LogP contribution is -2.53. The van der Waals surface area contributed by atoms with Gasteiger partial charge in [-0.25, -0.2) is 9.98 Å². The number of anilines is 1. The van der Waals surface area contributed by atoms with E-state index in [1.54, 1.807) is 13.8 Å². The second kappa shape index (κ2) is 4.51. The van der Waals surface area contributed by atoms with Crippen LogP contribution in [0.4, 0.5) is 11.4 Å². The van der Waals surface area contributed by atoms with E-state index in [-0.39, 0.29) is 5.78 Å². The third-order valence-corrected chi connectivity index (χ3v) is 3.82. The van der Waals surface area contributed by atoms with Crippen LogP contribution in [0.25, 0.3) is 0 Å². The van der Waals surface area contributed by atoms with Gasteiger partial charge in [-0.05, 0) is 31.5 Å². The van der Waals surface area contributed by atoms with Gasteiger partial charge in [0.1, 0.15) is 5.71 Å². The number of fused-ring (bicyclic) bond motifs is 2. The lowest BCUT2D eigenvalue weighted by molar-refractivity contribution is 0.0447. The van der Waals surface area contributed by atoms with Crippen molar-refractivity contribution in [3.05, 3.63) is 35.5 Å². The first-order chi connectivity index (χ1) is 10.2. The highest BCUT2D eigenvalue weighted by atomic mass is 16.3. The average molecular weight is 298 g/mol. The number of Topliss-reactive ketones (excluding diaryl/α,β-unsaturated/α-hetero) is 1. The SMILES string of the molecule is C=C1NC(C)(O)N=C2C1=Nc1cc(C)c(C(C)=O)cc1N2C. The molecule has 0 fully saturated rings. The Hall–Kier alpha value is -2.47. The lowest BCUT2D eigenvalue weighted by Gasteiger charge is -2.36. The Morgan fingerprint density at radius 3 is 2.77 bits per heavy atom. The minimum absolute atomic E-state index is 0.00660. The van der Waals surface area contributed by atoms with E-state index < -0.39 is 5.85 Å². The number of rotatable bonds is 1. The number of carbonyl (C=O) groups is 1. The number of aryl methyl sites for hydroxylation is 1. The van der Waals surface area contributed by atoms with E-state index in [4.69, 9.17) is 0 Å². The molecule has 2 aliphatic rings. The molecular weight excluding hydrogens is 280 g/mol. The van der Waals surface area contributed by atoms with Crippen LogP contribution >= 0.6 is 0 Å². The molecular formula is C16H18N4O2. The number of hydrogen-bond donors (Lipinski definition) is 2. The van der Waals surface area contributed by atoms with Crippen LogP contribution in [-0.2, 0) is 0 Å². The Kier molecular flexibility index (Phi) is 2.97. The van der Waals surface area contributed by atoms with Crippen molar-refractivity contribution >= 4 is 28.7 Å². The van der Waals surface area contributed by atoms with Crippen LogP contribution in [0.15, 0.2) is 34.4 Å². The van der Waals surface area contributed by atoms with Crippen LogP contribution in [0.1, 0.15) is 29.8 Å². The number of amidine groups is 1. The molecule has 0 aromatic heterocycles. The van der Waals surface area contributed by atoms with Crippen molar-refractivity contribution in [1.82, 2.24) is 5.32 Å². The molecule has 2 heterocycles. The van der Waals surface area contributed by atoms with Crippen molar-refractivity contribution in [2.24, 2.45) is 9.98 Å². The topological polar surface area (TPSA) is 77.3 Å². The second-order valence-electron chi connectivity index (χ2n) is 5.79. The molecule has 22 heavy (non-hydrogen) atoms. The van der Waals surface area contributed by atoms with E-state index in [0.29, 0.717) is 22.8 Å². The first-order valence-electron chi connectivity index (χ1n) is 6.97. The zero-order valence-electron chi connectivity index (χ0n) is 13.1. The predicted octanol–water partition coefficient (Wildman–Crippen LogP) is 1.90. The van der Waals surface area contributed by atoms with Crippen LogP contribution in [0.3, 0.4) is 0 Å². The Balaban J connectivity index is 2.24. The van der Waals surface area contributed by atoms with Gasteiger partial charge in [0.2, 0.25) is 5.85 Å². The maximum Gasteiger partial charge on any atom is 0.233 e. The number of ketones is 1. The lowest BCUT2D eigenvalue weighted by atomic mass is 10.0. The molecule has 6 nitrogen and oxygen atoms in total. The normalized spacial score (nSPS) is 23.1. The molecule has 0 bridgehead atoms. The van der Waals surface area contributed by atoms with Crippen molar-refractivity contribution in [2.45, 2.75) is 26.6 Å². The Bertz CT molecular complexity index is 775. The Morgan fingerprint density at radius 1 is 1.45 bits per heavy atom. The Morgan fingerprint density at radius 2 is 2.14 bits per heavy atom. The number of aliphatic hydroxyl groups is 1. The first kappa shape index (κ1) is 14.5. The zero-order valence-corrected chi connectivity index (χ0v) is 13.1.